The topological polar surface area (TPSA) is 52.3 Å². The largest absolute Gasteiger partial charge is 0.508 e. The van der Waals surface area contributed by atoms with Gasteiger partial charge in [0, 0.05) is 23.7 Å². The van der Waals surface area contributed by atoms with Gasteiger partial charge in [0.15, 0.2) is 0 Å². The van der Waals surface area contributed by atoms with Crippen molar-refractivity contribution >= 4 is 5.91 Å². The Balaban J connectivity index is 1.56. The minimum Gasteiger partial charge on any atom is -0.508 e. The number of carbonyl (C=O) groups is 1. The van der Waals surface area contributed by atoms with Crippen LogP contribution in [-0.4, -0.2) is 45.8 Å². The van der Waals surface area contributed by atoms with Crippen molar-refractivity contribution in [3.8, 4) is 0 Å². The number of rotatable bonds is 8. The van der Waals surface area contributed by atoms with Crippen molar-refractivity contribution < 1.29 is 23.1 Å². The van der Waals surface area contributed by atoms with Crippen LogP contribution in [0.5, 0.6) is 0 Å². The van der Waals surface area contributed by atoms with Gasteiger partial charge in [0.25, 0.3) is 0 Å². The Morgan fingerprint density at radius 1 is 1.29 bits per heavy atom. The number of hydrogen-bond donors (Lipinski definition) is 2. The molecule has 3 aliphatic rings. The molecule has 7 heteroatoms. The Labute approximate surface area is 164 Å². The third-order valence-corrected chi connectivity index (χ3v) is 6.66. The van der Waals surface area contributed by atoms with Crippen LogP contribution in [0.2, 0.25) is 0 Å². The Hall–Kier alpha value is -1.50. The first-order valence-electron chi connectivity index (χ1n) is 10.2. The first-order valence-corrected chi connectivity index (χ1v) is 10.2. The molecule has 3 fully saturated rings. The Morgan fingerprint density at radius 3 is 2.43 bits per heavy atom. The Bertz CT molecular complexity index is 696. The minimum atomic E-state index is -4.84. The number of amides is 1. The number of likely N-dealkylation sites (tertiary alicyclic amines) is 1. The number of aliphatic hydroxyl groups excluding tert-OH is 1. The number of nitrogens with one attached hydrogen (secondary N) is 1. The van der Waals surface area contributed by atoms with Gasteiger partial charge >= 0.3 is 12.1 Å². The normalized spacial score (nSPS) is 32.6. The molecule has 1 aliphatic heterocycles. The van der Waals surface area contributed by atoms with Gasteiger partial charge in [-0.25, -0.2) is 0 Å². The molecule has 1 saturated heterocycles. The molecule has 0 bridgehead atoms. The molecule has 1 heterocycles. The average Bonchev–Trinajstić information content (AvgIpc) is 3.45. The molecule has 0 spiro atoms. The number of allylic oxidation sites excluding steroid dienone is 2. The van der Waals surface area contributed by atoms with Crippen molar-refractivity contribution in [1.82, 2.24) is 10.2 Å². The highest BCUT2D eigenvalue weighted by molar-refractivity contribution is 5.81. The lowest BCUT2D eigenvalue weighted by Gasteiger charge is -2.28. The van der Waals surface area contributed by atoms with E-state index >= 15 is 0 Å². The molecule has 4 nitrogen and oxygen atoms in total. The second-order valence-corrected chi connectivity index (χ2v) is 8.99. The van der Waals surface area contributed by atoms with Gasteiger partial charge in [-0.3, -0.25) is 9.69 Å². The quantitative estimate of drug-likeness (QED) is 0.355. The molecule has 5 unspecified atom stereocenters. The van der Waals surface area contributed by atoms with Crippen LogP contribution in [0, 0.1) is 5.92 Å². The highest BCUT2D eigenvalue weighted by Gasteiger charge is 2.69. The van der Waals surface area contributed by atoms with Crippen LogP contribution in [-0.2, 0) is 4.79 Å². The van der Waals surface area contributed by atoms with E-state index in [0.717, 1.165) is 43.3 Å². The third kappa shape index (κ3) is 4.24. The van der Waals surface area contributed by atoms with Crippen molar-refractivity contribution in [2.24, 2.45) is 5.92 Å². The maximum atomic E-state index is 12.5. The molecular formula is C21H31F3N2O2. The first kappa shape index (κ1) is 21.2. The molecule has 1 amide bonds. The van der Waals surface area contributed by atoms with Crippen molar-refractivity contribution in [3.63, 3.8) is 0 Å². The lowest BCUT2D eigenvalue weighted by molar-refractivity contribution is -0.174. The summed E-state index contributed by atoms with van der Waals surface area (Å²) in [6.07, 6.45) is 2.77. The summed E-state index contributed by atoms with van der Waals surface area (Å²) in [7, 11) is 0. The minimum absolute atomic E-state index is 0.0716. The van der Waals surface area contributed by atoms with Crippen LogP contribution in [0.3, 0.4) is 0 Å². The van der Waals surface area contributed by atoms with E-state index in [1.807, 2.05) is 19.9 Å². The summed E-state index contributed by atoms with van der Waals surface area (Å²) in [5.74, 6) is -0.973. The number of alkyl halides is 3. The van der Waals surface area contributed by atoms with Gasteiger partial charge in [0.2, 0.25) is 0 Å². The van der Waals surface area contributed by atoms with Crippen molar-refractivity contribution in [3.05, 3.63) is 23.0 Å². The average molecular weight is 400 g/mol. The molecule has 0 radical (unpaired) electrons. The number of aliphatic hydroxyl groups is 1. The van der Waals surface area contributed by atoms with E-state index in [2.05, 4.69) is 17.1 Å². The summed E-state index contributed by atoms with van der Waals surface area (Å²) in [6.45, 7) is 7.76. The van der Waals surface area contributed by atoms with E-state index in [-0.39, 0.29) is 11.6 Å². The van der Waals surface area contributed by atoms with Gasteiger partial charge in [0.1, 0.15) is 5.76 Å². The molecule has 0 aromatic carbocycles. The zero-order valence-corrected chi connectivity index (χ0v) is 17.1. The predicted octanol–water partition coefficient (Wildman–Crippen LogP) is 4.63. The summed E-state index contributed by atoms with van der Waals surface area (Å²) in [5, 5.41) is 12.3. The SMILES string of the molecule is C/C(CC(C)N1C2CCC21CC(C)NC(=O)C(F)(F)F)=C(C)/C(O)=C\C1CC1. The van der Waals surface area contributed by atoms with Gasteiger partial charge in [-0.15, -0.1) is 0 Å². The smallest absolute Gasteiger partial charge is 0.471 e. The van der Waals surface area contributed by atoms with Crippen LogP contribution < -0.4 is 5.32 Å². The van der Waals surface area contributed by atoms with Crippen LogP contribution in [0.15, 0.2) is 23.0 Å². The lowest BCUT2D eigenvalue weighted by atomic mass is 9.80. The highest BCUT2D eigenvalue weighted by Crippen LogP contribution is 2.60. The molecule has 2 aliphatic carbocycles. The second kappa shape index (κ2) is 7.39. The summed E-state index contributed by atoms with van der Waals surface area (Å²) in [4.78, 5) is 13.6. The van der Waals surface area contributed by atoms with Gasteiger partial charge in [-0.05, 0) is 83.8 Å². The zero-order valence-electron chi connectivity index (χ0n) is 17.1. The predicted molar refractivity (Wildman–Crippen MR) is 102 cm³/mol. The van der Waals surface area contributed by atoms with Crippen LogP contribution in [0.1, 0.15) is 66.2 Å². The molecule has 0 aromatic heterocycles. The number of nitrogens with zero attached hydrogens (tertiary/aromatic N) is 1. The van der Waals surface area contributed by atoms with Gasteiger partial charge in [-0.1, -0.05) is 5.57 Å². The summed E-state index contributed by atoms with van der Waals surface area (Å²) < 4.78 is 37.4. The van der Waals surface area contributed by atoms with E-state index in [4.69, 9.17) is 0 Å². The van der Waals surface area contributed by atoms with E-state index in [1.165, 1.54) is 0 Å². The zero-order chi connectivity index (χ0) is 20.9. The Morgan fingerprint density at radius 2 is 1.93 bits per heavy atom. The van der Waals surface area contributed by atoms with Crippen molar-refractivity contribution in [2.75, 3.05) is 0 Å². The van der Waals surface area contributed by atoms with Crippen molar-refractivity contribution in [2.45, 2.75) is 96.1 Å². The van der Waals surface area contributed by atoms with E-state index in [1.54, 1.807) is 6.92 Å². The molecule has 5 atom stereocenters. The molecule has 2 N–H and O–H groups in total. The molecule has 158 valence electrons. The molecular weight excluding hydrogens is 369 g/mol. The molecule has 2 saturated carbocycles. The second-order valence-electron chi connectivity index (χ2n) is 8.99. The Kier molecular flexibility index (Phi) is 5.60. The maximum absolute atomic E-state index is 12.5. The number of carbonyl (C=O) groups excluding carboxylic acids is 1. The van der Waals surface area contributed by atoms with E-state index in [9.17, 15) is 23.1 Å². The lowest BCUT2D eigenvalue weighted by Crippen LogP contribution is -2.45. The molecule has 3 rings (SSSR count). The summed E-state index contributed by atoms with van der Waals surface area (Å²) >= 11 is 0. The standard InChI is InChI=1S/C21H31F3N2O2/c1-12(15(4)17(27)10-16-5-6-16)9-14(3)26-18-7-8-20(18,26)11-13(2)25-19(28)21(22,23)24/h10,13-14,16,18,27H,5-9,11H2,1-4H3,(H,25,28)/b15-12-,17-10+. The fourth-order valence-electron chi connectivity index (χ4n) is 4.84. The van der Waals surface area contributed by atoms with Gasteiger partial charge < -0.3 is 10.4 Å². The molecule has 0 aromatic rings. The van der Waals surface area contributed by atoms with Gasteiger partial charge in [0.05, 0.1) is 0 Å². The van der Waals surface area contributed by atoms with E-state index < -0.39 is 18.1 Å². The third-order valence-electron chi connectivity index (χ3n) is 6.66. The van der Waals surface area contributed by atoms with Crippen LogP contribution >= 0.6 is 0 Å². The summed E-state index contributed by atoms with van der Waals surface area (Å²) in [6, 6.07) is 0.135. The van der Waals surface area contributed by atoms with Crippen molar-refractivity contribution in [1.29, 1.82) is 0 Å². The van der Waals surface area contributed by atoms with Crippen LogP contribution in [0.4, 0.5) is 13.2 Å². The fraction of sp³-hybridized carbons (Fsp3) is 0.762. The van der Waals surface area contributed by atoms with Gasteiger partial charge in [-0.2, -0.15) is 13.2 Å². The molecule has 28 heavy (non-hydrogen) atoms. The number of fused-ring (bicyclic) bond motifs is 1. The highest BCUT2D eigenvalue weighted by atomic mass is 19.4. The van der Waals surface area contributed by atoms with E-state index in [0.29, 0.717) is 24.1 Å². The first-order chi connectivity index (χ1) is 13.0. The maximum Gasteiger partial charge on any atom is 0.471 e. The number of halogens is 3. The number of hydrogen-bond acceptors (Lipinski definition) is 3. The monoisotopic (exact) mass is 400 g/mol. The fourth-order valence-corrected chi connectivity index (χ4v) is 4.84. The summed E-state index contributed by atoms with van der Waals surface area (Å²) in [5.41, 5.74) is 1.99. The van der Waals surface area contributed by atoms with Crippen LogP contribution in [0.25, 0.3) is 0 Å².